The predicted octanol–water partition coefficient (Wildman–Crippen LogP) is 3.83. The average Bonchev–Trinajstić information content (AvgIpc) is 2.26. The van der Waals surface area contributed by atoms with Crippen LogP contribution in [0.2, 0.25) is 19.6 Å². The molecule has 4 heteroatoms. The maximum absolute atomic E-state index is 11.6. The average molecular weight is 274 g/mol. The van der Waals surface area contributed by atoms with Crippen LogP contribution in [-0.2, 0) is 0 Å². The summed E-state index contributed by atoms with van der Waals surface area (Å²) in [6.45, 7) is 8.25. The molecule has 0 fully saturated rings. The van der Waals surface area contributed by atoms with Gasteiger partial charge in [-0.15, -0.1) is 0 Å². The summed E-state index contributed by atoms with van der Waals surface area (Å²) in [6.07, 6.45) is 0. The van der Waals surface area contributed by atoms with Crippen LogP contribution < -0.4 is 10.1 Å². The Morgan fingerprint density at radius 3 is 2.26 bits per heavy atom. The first-order valence-electron chi connectivity index (χ1n) is 6.25. The van der Waals surface area contributed by atoms with E-state index in [9.17, 15) is 4.79 Å². The molecule has 0 aliphatic carbocycles. The maximum atomic E-state index is 11.6. The minimum atomic E-state index is -1.73. The first-order chi connectivity index (χ1) is 8.83. The van der Waals surface area contributed by atoms with Crippen molar-refractivity contribution < 1.29 is 8.84 Å². The highest BCUT2D eigenvalue weighted by molar-refractivity contribution is 6.70. The SMILES string of the molecule is Cc1ccc(-c2cc(O[Si](C)(C)C)cc(=O)o2)cc1. The Morgan fingerprint density at radius 2 is 1.68 bits per heavy atom. The Bertz CT molecular complexity index is 621. The van der Waals surface area contributed by atoms with Gasteiger partial charge in [0.25, 0.3) is 0 Å². The van der Waals surface area contributed by atoms with E-state index < -0.39 is 8.32 Å². The van der Waals surface area contributed by atoms with E-state index in [1.807, 2.05) is 31.2 Å². The van der Waals surface area contributed by atoms with E-state index in [4.69, 9.17) is 8.84 Å². The Morgan fingerprint density at radius 1 is 1.05 bits per heavy atom. The lowest BCUT2D eigenvalue weighted by Gasteiger charge is -2.18. The van der Waals surface area contributed by atoms with Gasteiger partial charge in [-0.05, 0) is 26.6 Å². The third-order valence-corrected chi connectivity index (χ3v) is 3.35. The van der Waals surface area contributed by atoms with Crippen molar-refractivity contribution in [3.05, 3.63) is 52.4 Å². The highest BCUT2D eigenvalue weighted by Gasteiger charge is 2.17. The molecule has 0 N–H and O–H groups in total. The van der Waals surface area contributed by atoms with Crippen LogP contribution >= 0.6 is 0 Å². The van der Waals surface area contributed by atoms with Gasteiger partial charge in [0.2, 0.25) is 8.32 Å². The van der Waals surface area contributed by atoms with Gasteiger partial charge in [0.1, 0.15) is 11.5 Å². The second kappa shape index (κ2) is 5.05. The van der Waals surface area contributed by atoms with Gasteiger partial charge >= 0.3 is 5.63 Å². The molecule has 0 saturated heterocycles. The van der Waals surface area contributed by atoms with Crippen molar-refractivity contribution in [2.75, 3.05) is 0 Å². The lowest BCUT2D eigenvalue weighted by molar-refractivity contribution is 0.498. The molecule has 1 heterocycles. The summed E-state index contributed by atoms with van der Waals surface area (Å²) in [4.78, 5) is 11.6. The monoisotopic (exact) mass is 274 g/mol. The van der Waals surface area contributed by atoms with Crippen LogP contribution in [0.3, 0.4) is 0 Å². The summed E-state index contributed by atoms with van der Waals surface area (Å²) in [7, 11) is -1.73. The van der Waals surface area contributed by atoms with Crippen molar-refractivity contribution in [2.24, 2.45) is 0 Å². The summed E-state index contributed by atoms with van der Waals surface area (Å²) in [6, 6.07) is 11.0. The number of aryl methyl sites for hydroxylation is 1. The quantitative estimate of drug-likeness (QED) is 0.799. The Balaban J connectivity index is 2.42. The standard InChI is InChI=1S/C15H18O3Si/c1-11-5-7-12(8-6-11)14-9-13(10-15(16)17-14)18-19(2,3)4/h5-10H,1-4H3. The minimum Gasteiger partial charge on any atom is -0.544 e. The normalized spacial score (nSPS) is 11.4. The molecule has 1 aromatic heterocycles. The second-order valence-corrected chi connectivity index (χ2v) is 9.99. The van der Waals surface area contributed by atoms with Crippen molar-refractivity contribution >= 4 is 8.32 Å². The first-order valence-corrected chi connectivity index (χ1v) is 9.65. The zero-order chi connectivity index (χ0) is 14.0. The molecule has 2 rings (SSSR count). The molecule has 0 radical (unpaired) electrons. The molecule has 100 valence electrons. The molecule has 0 unspecified atom stereocenters. The molecule has 0 aliphatic heterocycles. The number of hydrogen-bond acceptors (Lipinski definition) is 3. The van der Waals surface area contributed by atoms with Crippen LogP contribution in [0.25, 0.3) is 11.3 Å². The topological polar surface area (TPSA) is 39.4 Å². The van der Waals surface area contributed by atoms with Crippen LogP contribution in [0, 0.1) is 6.92 Å². The van der Waals surface area contributed by atoms with Crippen molar-refractivity contribution in [3.8, 4) is 17.1 Å². The number of rotatable bonds is 3. The van der Waals surface area contributed by atoms with Gasteiger partial charge in [0.05, 0.1) is 6.07 Å². The molecule has 0 bridgehead atoms. The molecule has 0 spiro atoms. The molecular weight excluding hydrogens is 256 g/mol. The summed E-state index contributed by atoms with van der Waals surface area (Å²) >= 11 is 0. The van der Waals surface area contributed by atoms with E-state index in [1.54, 1.807) is 6.07 Å². The molecule has 0 amide bonds. The van der Waals surface area contributed by atoms with E-state index in [2.05, 4.69) is 19.6 Å². The van der Waals surface area contributed by atoms with Gasteiger partial charge in [0, 0.05) is 11.6 Å². The summed E-state index contributed by atoms with van der Waals surface area (Å²) in [5, 5.41) is 0. The van der Waals surface area contributed by atoms with Gasteiger partial charge in [0.15, 0.2) is 0 Å². The first kappa shape index (κ1) is 13.6. The molecular formula is C15H18O3Si. The van der Waals surface area contributed by atoms with Gasteiger partial charge in [-0.2, -0.15) is 0 Å². The fraction of sp³-hybridized carbons (Fsp3) is 0.267. The van der Waals surface area contributed by atoms with Crippen LogP contribution in [0.1, 0.15) is 5.56 Å². The van der Waals surface area contributed by atoms with Gasteiger partial charge in [-0.25, -0.2) is 4.79 Å². The molecule has 1 aromatic carbocycles. The Hall–Kier alpha value is -1.81. The molecule has 3 nitrogen and oxygen atoms in total. The number of hydrogen-bond donors (Lipinski definition) is 0. The van der Waals surface area contributed by atoms with Gasteiger partial charge < -0.3 is 8.84 Å². The molecule has 0 atom stereocenters. The predicted molar refractivity (Wildman–Crippen MR) is 79.1 cm³/mol. The van der Waals surface area contributed by atoms with E-state index in [-0.39, 0.29) is 5.63 Å². The Labute approximate surface area is 114 Å². The highest BCUT2D eigenvalue weighted by Crippen LogP contribution is 2.23. The van der Waals surface area contributed by atoms with Crippen molar-refractivity contribution in [1.29, 1.82) is 0 Å². The fourth-order valence-electron chi connectivity index (χ4n) is 1.73. The Kier molecular flexibility index (Phi) is 3.62. The van der Waals surface area contributed by atoms with Crippen molar-refractivity contribution in [1.82, 2.24) is 0 Å². The van der Waals surface area contributed by atoms with Crippen molar-refractivity contribution in [2.45, 2.75) is 26.6 Å². The van der Waals surface area contributed by atoms with E-state index in [1.165, 1.54) is 11.6 Å². The van der Waals surface area contributed by atoms with E-state index >= 15 is 0 Å². The second-order valence-electron chi connectivity index (χ2n) is 5.56. The van der Waals surface area contributed by atoms with Gasteiger partial charge in [-0.3, -0.25) is 0 Å². The third-order valence-electron chi connectivity index (χ3n) is 2.50. The molecule has 0 aliphatic rings. The van der Waals surface area contributed by atoms with E-state index in [0.717, 1.165) is 5.56 Å². The smallest absolute Gasteiger partial charge is 0.339 e. The third kappa shape index (κ3) is 3.82. The highest BCUT2D eigenvalue weighted by atomic mass is 28.4. The molecule has 19 heavy (non-hydrogen) atoms. The molecule has 2 aromatic rings. The maximum Gasteiger partial charge on any atom is 0.339 e. The summed E-state index contributed by atoms with van der Waals surface area (Å²) in [5.41, 5.74) is 1.66. The van der Waals surface area contributed by atoms with Crippen LogP contribution in [0.5, 0.6) is 5.75 Å². The van der Waals surface area contributed by atoms with Crippen LogP contribution in [0.4, 0.5) is 0 Å². The fourth-order valence-corrected chi connectivity index (χ4v) is 2.55. The van der Waals surface area contributed by atoms with Crippen LogP contribution in [0.15, 0.2) is 45.6 Å². The minimum absolute atomic E-state index is 0.383. The molecule has 0 saturated carbocycles. The van der Waals surface area contributed by atoms with Crippen LogP contribution in [-0.4, -0.2) is 8.32 Å². The largest absolute Gasteiger partial charge is 0.544 e. The summed E-state index contributed by atoms with van der Waals surface area (Å²) < 4.78 is 11.1. The van der Waals surface area contributed by atoms with Crippen molar-refractivity contribution in [3.63, 3.8) is 0 Å². The lowest BCUT2D eigenvalue weighted by atomic mass is 10.1. The zero-order valence-corrected chi connectivity index (χ0v) is 12.7. The van der Waals surface area contributed by atoms with E-state index in [0.29, 0.717) is 11.5 Å². The summed E-state index contributed by atoms with van der Waals surface area (Å²) in [5.74, 6) is 1.13. The zero-order valence-electron chi connectivity index (χ0n) is 11.7. The lowest BCUT2D eigenvalue weighted by Crippen LogP contribution is -2.29. The number of benzene rings is 1. The van der Waals surface area contributed by atoms with Gasteiger partial charge in [-0.1, -0.05) is 29.8 Å².